The van der Waals surface area contributed by atoms with Gasteiger partial charge in [0.25, 0.3) is 5.91 Å². The van der Waals surface area contributed by atoms with Crippen molar-refractivity contribution in [3.63, 3.8) is 0 Å². The lowest BCUT2D eigenvalue weighted by Gasteiger charge is -2.14. The van der Waals surface area contributed by atoms with E-state index < -0.39 is 17.9 Å². The Morgan fingerprint density at radius 1 is 1.35 bits per heavy atom. The SMILES string of the molecule is COc1ccc(Cl)cc1COC(=O)[C@H](C)NC(=O)c1ccco1. The first-order chi connectivity index (χ1) is 11.0. The normalized spacial score (nSPS) is 11.6. The van der Waals surface area contributed by atoms with Gasteiger partial charge in [-0.15, -0.1) is 0 Å². The Hall–Kier alpha value is -2.47. The number of carbonyl (C=O) groups excluding carboxylic acids is 2. The van der Waals surface area contributed by atoms with Crippen molar-refractivity contribution >= 4 is 23.5 Å². The Morgan fingerprint density at radius 2 is 2.13 bits per heavy atom. The predicted octanol–water partition coefficient (Wildman–Crippen LogP) is 2.80. The van der Waals surface area contributed by atoms with Crippen molar-refractivity contribution in [2.24, 2.45) is 0 Å². The number of esters is 1. The summed E-state index contributed by atoms with van der Waals surface area (Å²) in [6.45, 7) is 1.52. The topological polar surface area (TPSA) is 77.8 Å². The standard InChI is InChI=1S/C16H16ClNO5/c1-10(18-15(19)14-4-3-7-22-14)16(20)23-9-11-8-12(17)5-6-13(11)21-2/h3-8,10H,9H2,1-2H3,(H,18,19)/t10-/m0/s1. The van der Waals surface area contributed by atoms with Crippen LogP contribution in [0.2, 0.25) is 5.02 Å². The molecule has 0 saturated heterocycles. The molecule has 6 nitrogen and oxygen atoms in total. The third-order valence-corrected chi connectivity index (χ3v) is 3.29. The molecule has 1 aromatic heterocycles. The van der Waals surface area contributed by atoms with Gasteiger partial charge in [0.15, 0.2) is 5.76 Å². The second kappa shape index (κ2) is 7.69. The lowest BCUT2D eigenvalue weighted by atomic mass is 10.2. The second-order valence-corrected chi connectivity index (χ2v) is 5.17. The first kappa shape index (κ1) is 16.9. The number of carbonyl (C=O) groups is 2. The van der Waals surface area contributed by atoms with Gasteiger partial charge in [0.05, 0.1) is 13.4 Å². The highest BCUT2D eigenvalue weighted by atomic mass is 35.5. The van der Waals surface area contributed by atoms with Crippen LogP contribution in [0.25, 0.3) is 0 Å². The van der Waals surface area contributed by atoms with Crippen molar-refractivity contribution in [3.05, 3.63) is 52.9 Å². The van der Waals surface area contributed by atoms with E-state index in [4.69, 9.17) is 25.5 Å². The van der Waals surface area contributed by atoms with Crippen LogP contribution in [0.3, 0.4) is 0 Å². The van der Waals surface area contributed by atoms with E-state index >= 15 is 0 Å². The largest absolute Gasteiger partial charge is 0.496 e. The second-order valence-electron chi connectivity index (χ2n) is 4.74. The van der Waals surface area contributed by atoms with Crippen LogP contribution in [-0.4, -0.2) is 25.0 Å². The van der Waals surface area contributed by atoms with Gasteiger partial charge in [-0.2, -0.15) is 0 Å². The molecule has 0 aliphatic heterocycles. The Balaban J connectivity index is 1.91. The maximum absolute atomic E-state index is 12.0. The van der Waals surface area contributed by atoms with E-state index in [-0.39, 0.29) is 12.4 Å². The van der Waals surface area contributed by atoms with Crippen LogP contribution in [0.15, 0.2) is 41.0 Å². The summed E-state index contributed by atoms with van der Waals surface area (Å²) in [6, 6.07) is 7.29. The van der Waals surface area contributed by atoms with E-state index in [1.807, 2.05) is 0 Å². The fourth-order valence-electron chi connectivity index (χ4n) is 1.87. The molecular formula is C16H16ClNO5. The van der Waals surface area contributed by atoms with Gasteiger partial charge in [0.1, 0.15) is 18.4 Å². The minimum atomic E-state index is -0.822. The summed E-state index contributed by atoms with van der Waals surface area (Å²) in [5, 5.41) is 3.00. The molecule has 7 heteroatoms. The number of hydrogen-bond acceptors (Lipinski definition) is 5. The Bertz CT molecular complexity index is 684. The third kappa shape index (κ3) is 4.50. The van der Waals surface area contributed by atoms with E-state index in [0.29, 0.717) is 16.3 Å². The van der Waals surface area contributed by atoms with Crippen molar-refractivity contribution in [3.8, 4) is 5.75 Å². The molecule has 0 radical (unpaired) electrons. The molecule has 0 aliphatic carbocycles. The molecule has 0 unspecified atom stereocenters. The third-order valence-electron chi connectivity index (χ3n) is 3.06. The predicted molar refractivity (Wildman–Crippen MR) is 83.4 cm³/mol. The van der Waals surface area contributed by atoms with Crippen LogP contribution >= 0.6 is 11.6 Å². The van der Waals surface area contributed by atoms with Crippen LogP contribution in [0, 0.1) is 0 Å². The van der Waals surface area contributed by atoms with Gasteiger partial charge in [-0.05, 0) is 37.3 Å². The number of furan rings is 1. The number of nitrogens with one attached hydrogen (secondary N) is 1. The average molecular weight is 338 g/mol. The summed E-state index contributed by atoms with van der Waals surface area (Å²) in [5.74, 6) is -0.373. The maximum Gasteiger partial charge on any atom is 0.328 e. The van der Waals surface area contributed by atoms with Crippen molar-refractivity contribution in [2.45, 2.75) is 19.6 Å². The highest BCUT2D eigenvalue weighted by molar-refractivity contribution is 6.30. The van der Waals surface area contributed by atoms with Gasteiger partial charge in [-0.1, -0.05) is 11.6 Å². The van der Waals surface area contributed by atoms with E-state index in [1.54, 1.807) is 24.3 Å². The molecule has 23 heavy (non-hydrogen) atoms. The summed E-state index contributed by atoms with van der Waals surface area (Å²) in [6.07, 6.45) is 1.38. The molecule has 2 aromatic rings. The van der Waals surface area contributed by atoms with Gasteiger partial charge >= 0.3 is 5.97 Å². The zero-order valence-corrected chi connectivity index (χ0v) is 13.4. The van der Waals surface area contributed by atoms with Gasteiger partial charge in [-0.3, -0.25) is 4.79 Å². The smallest absolute Gasteiger partial charge is 0.328 e. The Morgan fingerprint density at radius 3 is 2.78 bits per heavy atom. The summed E-state index contributed by atoms with van der Waals surface area (Å²) in [4.78, 5) is 23.8. The summed E-state index contributed by atoms with van der Waals surface area (Å²) in [5.41, 5.74) is 0.637. The van der Waals surface area contributed by atoms with Crippen LogP contribution in [0.1, 0.15) is 23.0 Å². The zero-order valence-electron chi connectivity index (χ0n) is 12.7. The molecule has 1 aromatic carbocycles. The van der Waals surface area contributed by atoms with E-state index in [0.717, 1.165) is 0 Å². The summed E-state index contributed by atoms with van der Waals surface area (Å²) in [7, 11) is 1.51. The first-order valence-corrected chi connectivity index (χ1v) is 7.22. The molecule has 1 N–H and O–H groups in total. The number of ether oxygens (including phenoxy) is 2. The molecule has 1 heterocycles. The fraction of sp³-hybridized carbons (Fsp3) is 0.250. The number of hydrogen-bond donors (Lipinski definition) is 1. The van der Waals surface area contributed by atoms with Crippen molar-refractivity contribution in [1.29, 1.82) is 0 Å². The molecule has 0 fully saturated rings. The highest BCUT2D eigenvalue weighted by Crippen LogP contribution is 2.23. The van der Waals surface area contributed by atoms with E-state index in [2.05, 4.69) is 5.32 Å². The lowest BCUT2D eigenvalue weighted by Crippen LogP contribution is -2.39. The minimum absolute atomic E-state index is 0.0104. The Kier molecular flexibility index (Phi) is 5.65. The molecule has 0 bridgehead atoms. The van der Waals surface area contributed by atoms with Crippen LogP contribution in [0.4, 0.5) is 0 Å². The maximum atomic E-state index is 12.0. The lowest BCUT2D eigenvalue weighted by molar-refractivity contribution is -0.146. The molecule has 0 spiro atoms. The number of benzene rings is 1. The molecular weight excluding hydrogens is 322 g/mol. The molecule has 2 rings (SSSR count). The van der Waals surface area contributed by atoms with E-state index in [9.17, 15) is 9.59 Å². The van der Waals surface area contributed by atoms with Crippen LogP contribution < -0.4 is 10.1 Å². The molecule has 1 amide bonds. The molecule has 0 saturated carbocycles. The average Bonchev–Trinajstić information content (AvgIpc) is 3.07. The van der Waals surface area contributed by atoms with Crippen molar-refractivity contribution in [1.82, 2.24) is 5.32 Å². The minimum Gasteiger partial charge on any atom is -0.496 e. The summed E-state index contributed by atoms with van der Waals surface area (Å²) < 4.78 is 15.3. The van der Waals surface area contributed by atoms with E-state index in [1.165, 1.54) is 26.4 Å². The van der Waals surface area contributed by atoms with Gasteiger partial charge in [-0.25, -0.2) is 4.79 Å². The monoisotopic (exact) mass is 337 g/mol. The molecule has 1 atom stereocenters. The number of methoxy groups -OCH3 is 1. The van der Waals surface area contributed by atoms with Crippen molar-refractivity contribution in [2.75, 3.05) is 7.11 Å². The highest BCUT2D eigenvalue weighted by Gasteiger charge is 2.20. The van der Waals surface area contributed by atoms with Crippen LogP contribution in [-0.2, 0) is 16.1 Å². The molecule has 122 valence electrons. The molecule has 0 aliphatic rings. The number of rotatable bonds is 6. The summed E-state index contributed by atoms with van der Waals surface area (Å²) >= 11 is 5.91. The van der Waals surface area contributed by atoms with Gasteiger partial charge < -0.3 is 19.2 Å². The quantitative estimate of drug-likeness (QED) is 0.820. The Labute approximate surface area is 138 Å². The van der Waals surface area contributed by atoms with Crippen molar-refractivity contribution < 1.29 is 23.5 Å². The zero-order chi connectivity index (χ0) is 16.8. The number of halogens is 1. The number of amides is 1. The fourth-order valence-corrected chi connectivity index (χ4v) is 2.06. The first-order valence-electron chi connectivity index (χ1n) is 6.84. The van der Waals surface area contributed by atoms with Gasteiger partial charge in [0.2, 0.25) is 0 Å². The van der Waals surface area contributed by atoms with Crippen LogP contribution in [0.5, 0.6) is 5.75 Å². The van der Waals surface area contributed by atoms with Gasteiger partial charge in [0, 0.05) is 10.6 Å².